The van der Waals surface area contributed by atoms with E-state index in [1.165, 1.54) is 12.5 Å². The number of carboxylic acid groups (broad SMARTS) is 1. The zero-order chi connectivity index (χ0) is 17.1. The third-order valence-electron chi connectivity index (χ3n) is 3.44. The van der Waals surface area contributed by atoms with Gasteiger partial charge in [-0.25, -0.2) is 19.7 Å². The van der Waals surface area contributed by atoms with Gasteiger partial charge in [0.2, 0.25) is 0 Å². The Labute approximate surface area is 143 Å². The van der Waals surface area contributed by atoms with E-state index in [-0.39, 0.29) is 5.69 Å². The maximum Gasteiger partial charge on any atom is 0.356 e. The van der Waals surface area contributed by atoms with E-state index in [0.29, 0.717) is 16.7 Å². The van der Waals surface area contributed by atoms with Crippen LogP contribution in [0.3, 0.4) is 0 Å². The van der Waals surface area contributed by atoms with Gasteiger partial charge in [-0.05, 0) is 30.7 Å². The molecule has 3 aromatic rings. The van der Waals surface area contributed by atoms with Crippen LogP contribution in [0.2, 0.25) is 5.02 Å². The number of carboxylic acids is 1. The van der Waals surface area contributed by atoms with Crippen molar-refractivity contribution in [3.63, 3.8) is 0 Å². The van der Waals surface area contributed by atoms with Crippen LogP contribution in [0.25, 0.3) is 17.2 Å². The fourth-order valence-corrected chi connectivity index (χ4v) is 2.41. The maximum atomic E-state index is 11.0. The maximum absolute atomic E-state index is 11.0. The van der Waals surface area contributed by atoms with Crippen molar-refractivity contribution >= 4 is 17.6 Å². The summed E-state index contributed by atoms with van der Waals surface area (Å²) in [6.45, 7) is 2.07. The molecule has 0 aliphatic rings. The summed E-state index contributed by atoms with van der Waals surface area (Å²) in [6.07, 6.45) is 4.62. The molecule has 0 bridgehead atoms. The molecule has 0 radical (unpaired) electrons. The van der Waals surface area contributed by atoms with Crippen LogP contribution in [0, 0.1) is 0 Å². The third-order valence-corrected chi connectivity index (χ3v) is 3.69. The van der Waals surface area contributed by atoms with E-state index in [0.717, 1.165) is 24.1 Å². The number of benzene rings is 1. The molecule has 0 aliphatic heterocycles. The molecule has 0 fully saturated rings. The average molecular weight is 343 g/mol. The number of hydrogen-bond donors (Lipinski definition) is 1. The van der Waals surface area contributed by atoms with Crippen molar-refractivity contribution in [2.24, 2.45) is 0 Å². The molecule has 6 nitrogen and oxygen atoms in total. The first-order valence-corrected chi connectivity index (χ1v) is 7.86. The van der Waals surface area contributed by atoms with Crippen LogP contribution in [0.15, 0.2) is 42.9 Å². The average Bonchev–Trinajstić information content (AvgIpc) is 3.06. The molecule has 0 spiro atoms. The van der Waals surface area contributed by atoms with Crippen molar-refractivity contribution in [2.75, 3.05) is 0 Å². The zero-order valence-corrected chi connectivity index (χ0v) is 13.7. The lowest BCUT2D eigenvalue weighted by Gasteiger charge is -2.08. The van der Waals surface area contributed by atoms with Gasteiger partial charge in [0.25, 0.3) is 0 Å². The number of rotatable bonds is 5. The van der Waals surface area contributed by atoms with E-state index >= 15 is 0 Å². The van der Waals surface area contributed by atoms with Crippen molar-refractivity contribution in [1.82, 2.24) is 19.5 Å². The second-order valence-corrected chi connectivity index (χ2v) is 5.71. The van der Waals surface area contributed by atoms with Crippen LogP contribution in [0.4, 0.5) is 0 Å². The first kappa shape index (κ1) is 16.1. The Bertz CT molecular complexity index is 875. The minimum atomic E-state index is -1.07. The highest BCUT2D eigenvalue weighted by atomic mass is 35.5. The Hall–Kier alpha value is -2.73. The molecule has 2 aromatic heterocycles. The predicted molar refractivity (Wildman–Crippen MR) is 90.6 cm³/mol. The molecule has 1 N–H and O–H groups in total. The summed E-state index contributed by atoms with van der Waals surface area (Å²) in [7, 11) is 0. The van der Waals surface area contributed by atoms with Crippen molar-refractivity contribution in [3.05, 3.63) is 59.3 Å². The number of nitrogens with zero attached hydrogens (tertiary/aromatic N) is 4. The monoisotopic (exact) mass is 342 g/mol. The van der Waals surface area contributed by atoms with Gasteiger partial charge >= 0.3 is 5.97 Å². The normalized spacial score (nSPS) is 10.8. The number of aromatic carboxylic acids is 1. The second-order valence-electron chi connectivity index (χ2n) is 5.27. The lowest BCUT2D eigenvalue weighted by Crippen LogP contribution is -2.03. The van der Waals surface area contributed by atoms with E-state index in [2.05, 4.69) is 21.9 Å². The molecule has 0 unspecified atom stereocenters. The molecule has 1 aromatic carbocycles. The van der Waals surface area contributed by atoms with Gasteiger partial charge in [-0.1, -0.05) is 24.9 Å². The summed E-state index contributed by atoms with van der Waals surface area (Å²) in [5.74, 6) is 0.0751. The first-order chi connectivity index (χ1) is 11.6. The van der Waals surface area contributed by atoms with Crippen molar-refractivity contribution in [2.45, 2.75) is 19.8 Å². The Morgan fingerprint density at radius 1 is 1.25 bits per heavy atom. The van der Waals surface area contributed by atoms with Crippen molar-refractivity contribution in [1.29, 1.82) is 0 Å². The van der Waals surface area contributed by atoms with Gasteiger partial charge in [0.15, 0.2) is 11.5 Å². The number of halogens is 1. The van der Waals surface area contributed by atoms with Gasteiger partial charge in [0, 0.05) is 28.5 Å². The minimum absolute atomic E-state index is 0.0290. The molecule has 2 heterocycles. The van der Waals surface area contributed by atoms with Gasteiger partial charge in [-0.3, -0.25) is 4.57 Å². The quantitative estimate of drug-likeness (QED) is 0.765. The molecule has 0 saturated heterocycles. The number of hydrogen-bond acceptors (Lipinski definition) is 4. The van der Waals surface area contributed by atoms with Gasteiger partial charge in [-0.2, -0.15) is 0 Å². The second kappa shape index (κ2) is 6.80. The number of imidazole rings is 1. The van der Waals surface area contributed by atoms with E-state index < -0.39 is 5.97 Å². The largest absolute Gasteiger partial charge is 0.476 e. The molecule has 0 aliphatic carbocycles. The minimum Gasteiger partial charge on any atom is -0.476 e. The Morgan fingerprint density at radius 3 is 2.62 bits per heavy atom. The highest BCUT2D eigenvalue weighted by Crippen LogP contribution is 2.21. The summed E-state index contributed by atoms with van der Waals surface area (Å²) in [6, 6.07) is 9.12. The van der Waals surface area contributed by atoms with Crippen LogP contribution in [-0.2, 0) is 6.42 Å². The lowest BCUT2D eigenvalue weighted by atomic mass is 10.2. The highest BCUT2D eigenvalue weighted by molar-refractivity contribution is 6.30. The van der Waals surface area contributed by atoms with E-state index in [1.807, 2.05) is 18.2 Å². The third kappa shape index (κ3) is 3.44. The van der Waals surface area contributed by atoms with E-state index in [9.17, 15) is 4.79 Å². The fraction of sp³-hybridized carbons (Fsp3) is 0.176. The SMILES string of the molecule is CCCc1cc(-n2cnc(C(=O)O)c2)nc(-c2ccc(Cl)cc2)n1. The predicted octanol–water partition coefficient (Wildman–Crippen LogP) is 3.63. The van der Waals surface area contributed by atoms with Crippen LogP contribution in [0.5, 0.6) is 0 Å². The van der Waals surface area contributed by atoms with E-state index in [4.69, 9.17) is 16.7 Å². The standard InChI is InChI=1S/C17H15ClN4O2/c1-2-3-13-8-15(22-9-14(17(23)24)19-10-22)21-16(20-13)11-4-6-12(18)7-5-11/h4-10H,2-3H2,1H3,(H,23,24). The molecular weight excluding hydrogens is 328 g/mol. The summed E-state index contributed by atoms with van der Waals surface area (Å²) < 4.78 is 1.59. The van der Waals surface area contributed by atoms with Crippen LogP contribution in [0.1, 0.15) is 29.5 Å². The Kier molecular flexibility index (Phi) is 4.57. The molecule has 0 amide bonds. The molecule has 0 atom stereocenters. The number of carbonyl (C=O) groups is 1. The van der Waals surface area contributed by atoms with Crippen molar-refractivity contribution in [3.8, 4) is 17.2 Å². The van der Waals surface area contributed by atoms with E-state index in [1.54, 1.807) is 16.7 Å². The van der Waals surface area contributed by atoms with Gasteiger partial charge < -0.3 is 5.11 Å². The number of aryl methyl sites for hydroxylation is 1. The Morgan fingerprint density at radius 2 is 2.00 bits per heavy atom. The summed E-state index contributed by atoms with van der Waals surface area (Å²) >= 11 is 5.93. The Balaban J connectivity index is 2.08. The van der Waals surface area contributed by atoms with Crippen LogP contribution in [-0.4, -0.2) is 30.6 Å². The van der Waals surface area contributed by atoms with Crippen LogP contribution < -0.4 is 0 Å². The molecular formula is C17H15ClN4O2. The molecule has 122 valence electrons. The van der Waals surface area contributed by atoms with Gasteiger partial charge in [-0.15, -0.1) is 0 Å². The molecule has 0 saturated carbocycles. The molecule has 24 heavy (non-hydrogen) atoms. The lowest BCUT2D eigenvalue weighted by molar-refractivity contribution is 0.0691. The number of aromatic nitrogens is 4. The highest BCUT2D eigenvalue weighted by Gasteiger charge is 2.11. The zero-order valence-electron chi connectivity index (χ0n) is 13.0. The smallest absolute Gasteiger partial charge is 0.356 e. The van der Waals surface area contributed by atoms with Crippen LogP contribution >= 0.6 is 11.6 Å². The summed E-state index contributed by atoms with van der Waals surface area (Å²) in [4.78, 5) is 24.0. The fourth-order valence-electron chi connectivity index (χ4n) is 2.29. The van der Waals surface area contributed by atoms with Crippen molar-refractivity contribution < 1.29 is 9.90 Å². The van der Waals surface area contributed by atoms with Gasteiger partial charge in [0.1, 0.15) is 12.1 Å². The summed E-state index contributed by atoms with van der Waals surface area (Å²) in [5, 5.41) is 9.66. The summed E-state index contributed by atoms with van der Waals surface area (Å²) in [5.41, 5.74) is 1.70. The first-order valence-electron chi connectivity index (χ1n) is 7.48. The van der Waals surface area contributed by atoms with Gasteiger partial charge in [0.05, 0.1) is 0 Å². The molecule has 7 heteroatoms. The molecule has 3 rings (SSSR count). The topological polar surface area (TPSA) is 80.9 Å².